The largest absolute Gasteiger partial charge is 0.505 e. The number of halogens is 2. The van der Waals surface area contributed by atoms with Gasteiger partial charge in [-0.1, -0.05) is 0 Å². The highest BCUT2D eigenvalue weighted by molar-refractivity contribution is 5.93. The molecule has 0 saturated carbocycles. The molecule has 23 heavy (non-hydrogen) atoms. The van der Waals surface area contributed by atoms with Crippen LogP contribution in [0, 0.1) is 11.6 Å². The van der Waals surface area contributed by atoms with Crippen LogP contribution in [0.5, 0.6) is 23.0 Å². The number of nitrogens with one attached hydrogen (secondary N) is 1. The molecule has 0 aliphatic carbocycles. The Labute approximate surface area is 128 Å². The van der Waals surface area contributed by atoms with Gasteiger partial charge < -0.3 is 20.3 Å². The SMILES string of the molecule is O=C1C=CC2(N1)c1cc(F)c(O)cc1Oc1cc(O)c(F)cc12. The van der Waals surface area contributed by atoms with Crippen LogP contribution in [-0.2, 0) is 10.3 Å². The lowest BCUT2D eigenvalue weighted by Gasteiger charge is -2.36. The smallest absolute Gasteiger partial charge is 0.244 e. The third-order valence-corrected chi connectivity index (χ3v) is 3.97. The standard InChI is InChI=1S/C16H9F2NO4/c17-9-3-7-13(5-11(9)20)23-14-6-12(21)10(18)4-8(14)16(7)2-1-15(22)19-16/h1-6,20-21H,(H,19,22). The molecule has 0 bridgehead atoms. The summed E-state index contributed by atoms with van der Waals surface area (Å²) in [6.07, 6.45) is 2.71. The van der Waals surface area contributed by atoms with E-state index in [0.29, 0.717) is 0 Å². The lowest BCUT2D eigenvalue weighted by molar-refractivity contribution is -0.116. The fourth-order valence-electron chi connectivity index (χ4n) is 2.93. The van der Waals surface area contributed by atoms with Gasteiger partial charge in [0.25, 0.3) is 0 Å². The van der Waals surface area contributed by atoms with Crippen molar-refractivity contribution in [2.75, 3.05) is 0 Å². The van der Waals surface area contributed by atoms with E-state index in [-0.39, 0.29) is 22.6 Å². The van der Waals surface area contributed by atoms with Crippen LogP contribution in [0.1, 0.15) is 11.1 Å². The first-order valence-electron chi connectivity index (χ1n) is 6.66. The summed E-state index contributed by atoms with van der Waals surface area (Å²) in [5.41, 5.74) is -0.900. The van der Waals surface area contributed by atoms with Gasteiger partial charge in [-0.25, -0.2) is 8.78 Å². The molecular weight excluding hydrogens is 308 g/mol. The number of ether oxygens (including phenoxy) is 1. The lowest BCUT2D eigenvalue weighted by atomic mass is 9.80. The molecule has 0 aromatic heterocycles. The zero-order valence-corrected chi connectivity index (χ0v) is 11.4. The summed E-state index contributed by atoms with van der Waals surface area (Å²) in [5, 5.41) is 21.7. The minimum Gasteiger partial charge on any atom is -0.505 e. The number of phenols is 2. The van der Waals surface area contributed by atoms with Crippen LogP contribution in [-0.4, -0.2) is 16.1 Å². The molecule has 2 aromatic carbocycles. The Balaban J connectivity index is 2.06. The quantitative estimate of drug-likeness (QED) is 0.697. The van der Waals surface area contributed by atoms with E-state index in [4.69, 9.17) is 4.74 Å². The van der Waals surface area contributed by atoms with Gasteiger partial charge in [-0.15, -0.1) is 0 Å². The number of benzene rings is 2. The number of carbonyl (C=O) groups is 1. The third-order valence-electron chi connectivity index (χ3n) is 3.97. The van der Waals surface area contributed by atoms with E-state index >= 15 is 0 Å². The number of fused-ring (bicyclic) bond motifs is 4. The Kier molecular flexibility index (Phi) is 2.49. The van der Waals surface area contributed by atoms with Crippen molar-refractivity contribution in [1.82, 2.24) is 5.32 Å². The summed E-state index contributed by atoms with van der Waals surface area (Å²) in [5.74, 6) is -3.30. The van der Waals surface area contributed by atoms with Gasteiger partial charge in [0.15, 0.2) is 23.1 Å². The van der Waals surface area contributed by atoms with E-state index in [1.165, 1.54) is 12.2 Å². The highest BCUT2D eigenvalue weighted by atomic mass is 19.1. The number of hydrogen-bond acceptors (Lipinski definition) is 4. The van der Waals surface area contributed by atoms with E-state index in [9.17, 15) is 23.8 Å². The van der Waals surface area contributed by atoms with Crippen molar-refractivity contribution in [3.8, 4) is 23.0 Å². The normalized spacial score (nSPS) is 16.7. The number of aromatic hydroxyl groups is 2. The Bertz CT molecular complexity index is 850. The average Bonchev–Trinajstić information content (AvgIpc) is 2.87. The van der Waals surface area contributed by atoms with Crippen LogP contribution in [0.25, 0.3) is 0 Å². The molecule has 0 unspecified atom stereocenters. The summed E-state index contributed by atoms with van der Waals surface area (Å²) in [4.78, 5) is 11.7. The highest BCUT2D eigenvalue weighted by Crippen LogP contribution is 2.51. The van der Waals surface area contributed by atoms with Crippen LogP contribution in [0.4, 0.5) is 8.78 Å². The molecule has 2 aliphatic rings. The molecule has 0 radical (unpaired) electrons. The number of hydrogen-bond donors (Lipinski definition) is 3. The fraction of sp³-hybridized carbons (Fsp3) is 0.0625. The maximum atomic E-state index is 13.8. The van der Waals surface area contributed by atoms with Crippen molar-refractivity contribution in [1.29, 1.82) is 0 Å². The van der Waals surface area contributed by atoms with Gasteiger partial charge in [-0.2, -0.15) is 0 Å². The fourth-order valence-corrected chi connectivity index (χ4v) is 2.93. The molecule has 2 aromatic rings. The van der Waals surface area contributed by atoms with Gasteiger partial charge in [-0.05, 0) is 18.2 Å². The summed E-state index contributed by atoms with van der Waals surface area (Å²) in [6, 6.07) is 4.17. The zero-order valence-electron chi connectivity index (χ0n) is 11.4. The van der Waals surface area contributed by atoms with Gasteiger partial charge in [-0.3, -0.25) is 4.79 Å². The molecule has 2 aliphatic heterocycles. The summed E-state index contributed by atoms with van der Waals surface area (Å²) in [7, 11) is 0. The van der Waals surface area contributed by atoms with Crippen LogP contribution >= 0.6 is 0 Å². The predicted octanol–water partition coefficient (Wildman–Crippen LogP) is 2.41. The maximum Gasteiger partial charge on any atom is 0.244 e. The van der Waals surface area contributed by atoms with E-state index in [2.05, 4.69) is 5.32 Å². The molecular formula is C16H9F2NO4. The number of rotatable bonds is 0. The van der Waals surface area contributed by atoms with Crippen molar-refractivity contribution < 1.29 is 28.5 Å². The van der Waals surface area contributed by atoms with E-state index in [1.807, 2.05) is 0 Å². The summed E-state index contributed by atoms with van der Waals surface area (Å²) >= 11 is 0. The van der Waals surface area contributed by atoms with Crippen molar-refractivity contribution in [3.05, 3.63) is 59.2 Å². The summed E-state index contributed by atoms with van der Waals surface area (Å²) < 4.78 is 33.1. The van der Waals surface area contributed by atoms with Gasteiger partial charge >= 0.3 is 0 Å². The first-order valence-corrected chi connectivity index (χ1v) is 6.66. The lowest BCUT2D eigenvalue weighted by Crippen LogP contribution is -2.42. The third kappa shape index (κ3) is 1.73. The minimum absolute atomic E-state index is 0.0919. The molecule has 7 heteroatoms. The summed E-state index contributed by atoms with van der Waals surface area (Å²) in [6.45, 7) is 0. The van der Waals surface area contributed by atoms with Crippen LogP contribution < -0.4 is 10.1 Å². The van der Waals surface area contributed by atoms with E-state index in [0.717, 1.165) is 24.3 Å². The molecule has 1 spiro atoms. The Morgan fingerprint density at radius 3 is 1.91 bits per heavy atom. The number of carbonyl (C=O) groups excluding carboxylic acids is 1. The molecule has 0 atom stereocenters. The number of amides is 1. The topological polar surface area (TPSA) is 78.8 Å². The van der Waals surface area contributed by atoms with Crippen LogP contribution in [0.15, 0.2) is 36.4 Å². The van der Waals surface area contributed by atoms with Crippen molar-refractivity contribution >= 4 is 5.91 Å². The molecule has 4 rings (SSSR count). The Morgan fingerprint density at radius 2 is 1.48 bits per heavy atom. The molecule has 0 saturated heterocycles. The first-order chi connectivity index (χ1) is 10.9. The zero-order chi connectivity index (χ0) is 16.4. The van der Waals surface area contributed by atoms with Crippen molar-refractivity contribution in [2.45, 2.75) is 5.54 Å². The average molecular weight is 317 g/mol. The monoisotopic (exact) mass is 317 g/mol. The molecule has 1 amide bonds. The van der Waals surface area contributed by atoms with Gasteiger partial charge in [0.05, 0.1) is 0 Å². The molecule has 0 fully saturated rings. The second kappa shape index (κ2) is 4.22. The molecule has 5 nitrogen and oxygen atoms in total. The second-order valence-electron chi connectivity index (χ2n) is 5.33. The highest BCUT2D eigenvalue weighted by Gasteiger charge is 2.45. The maximum absolute atomic E-state index is 13.8. The molecule has 3 N–H and O–H groups in total. The van der Waals surface area contributed by atoms with E-state index in [1.54, 1.807) is 0 Å². The Hall–Kier alpha value is -3.09. The minimum atomic E-state index is -1.33. The predicted molar refractivity (Wildman–Crippen MR) is 74.3 cm³/mol. The molecule has 116 valence electrons. The second-order valence-corrected chi connectivity index (χ2v) is 5.33. The van der Waals surface area contributed by atoms with Crippen molar-refractivity contribution in [2.24, 2.45) is 0 Å². The Morgan fingerprint density at radius 1 is 0.957 bits per heavy atom. The van der Waals surface area contributed by atoms with Crippen LogP contribution in [0.2, 0.25) is 0 Å². The van der Waals surface area contributed by atoms with Gasteiger partial charge in [0.1, 0.15) is 17.0 Å². The van der Waals surface area contributed by atoms with E-state index < -0.39 is 34.6 Å². The van der Waals surface area contributed by atoms with Crippen molar-refractivity contribution in [3.63, 3.8) is 0 Å². The van der Waals surface area contributed by atoms with Gasteiger partial charge in [0, 0.05) is 29.3 Å². The first kappa shape index (κ1) is 13.6. The number of phenolic OH excluding ortho intramolecular Hbond substituents is 2. The van der Waals surface area contributed by atoms with Crippen LogP contribution in [0.3, 0.4) is 0 Å². The van der Waals surface area contributed by atoms with Gasteiger partial charge in [0.2, 0.25) is 5.91 Å². The molecule has 2 heterocycles.